The Balaban J connectivity index is 2.07. The quantitative estimate of drug-likeness (QED) is 0.929. The van der Waals surface area contributed by atoms with E-state index in [-0.39, 0.29) is 11.5 Å². The molecule has 98 valence electrons. The molecule has 1 aliphatic rings. The smallest absolute Gasteiger partial charge is 0.256 e. The van der Waals surface area contributed by atoms with Crippen LogP contribution in [0.1, 0.15) is 23.2 Å². The van der Waals surface area contributed by atoms with Crippen molar-refractivity contribution in [1.29, 1.82) is 0 Å². The summed E-state index contributed by atoms with van der Waals surface area (Å²) in [6, 6.07) is 4.74. The standard InChI is InChI=1S/C13H16BrFN2O/c1-17(8-10-3-2-6-16-10)13(18)11-7-9(14)4-5-12(11)15/h4-5,7,10,16H,2-3,6,8H2,1H3. The minimum atomic E-state index is -0.477. The Morgan fingerprint density at radius 2 is 2.39 bits per heavy atom. The molecule has 3 nitrogen and oxygen atoms in total. The molecule has 1 aliphatic heterocycles. The molecule has 0 spiro atoms. The lowest BCUT2D eigenvalue weighted by atomic mass is 10.1. The topological polar surface area (TPSA) is 32.3 Å². The molecule has 1 saturated heterocycles. The third-order valence-electron chi connectivity index (χ3n) is 3.16. The molecule has 18 heavy (non-hydrogen) atoms. The monoisotopic (exact) mass is 314 g/mol. The minimum absolute atomic E-state index is 0.116. The third kappa shape index (κ3) is 3.09. The van der Waals surface area contributed by atoms with Crippen molar-refractivity contribution in [3.8, 4) is 0 Å². The molecule has 0 aliphatic carbocycles. The number of nitrogens with one attached hydrogen (secondary N) is 1. The minimum Gasteiger partial charge on any atom is -0.340 e. The summed E-state index contributed by atoms with van der Waals surface area (Å²) in [6.45, 7) is 1.61. The lowest BCUT2D eigenvalue weighted by molar-refractivity contribution is 0.0779. The first-order chi connectivity index (χ1) is 8.58. The molecule has 0 aromatic heterocycles. The Morgan fingerprint density at radius 1 is 1.61 bits per heavy atom. The molecule has 1 heterocycles. The zero-order valence-electron chi connectivity index (χ0n) is 10.2. The Hall–Kier alpha value is -0.940. The Kier molecular flexibility index (Phi) is 4.35. The number of carbonyl (C=O) groups excluding carboxylic acids is 1. The Morgan fingerprint density at radius 3 is 3.06 bits per heavy atom. The fraction of sp³-hybridized carbons (Fsp3) is 0.462. The van der Waals surface area contributed by atoms with Crippen molar-refractivity contribution in [1.82, 2.24) is 10.2 Å². The van der Waals surface area contributed by atoms with Gasteiger partial charge in [-0.15, -0.1) is 0 Å². The van der Waals surface area contributed by atoms with E-state index in [0.29, 0.717) is 17.1 Å². The number of hydrogen-bond acceptors (Lipinski definition) is 2. The zero-order chi connectivity index (χ0) is 13.1. The van der Waals surface area contributed by atoms with Gasteiger partial charge in [-0.3, -0.25) is 4.79 Å². The molecular formula is C13H16BrFN2O. The van der Waals surface area contributed by atoms with Crippen molar-refractivity contribution in [2.24, 2.45) is 0 Å². The second-order valence-corrected chi connectivity index (χ2v) is 5.52. The SMILES string of the molecule is CN(CC1CCCN1)C(=O)c1cc(Br)ccc1F. The van der Waals surface area contributed by atoms with Gasteiger partial charge in [0, 0.05) is 24.1 Å². The maximum atomic E-state index is 13.6. The molecule has 1 unspecified atom stereocenters. The molecule has 1 N–H and O–H groups in total. The molecule has 1 aromatic carbocycles. The largest absolute Gasteiger partial charge is 0.340 e. The van der Waals surface area contributed by atoms with Crippen LogP contribution >= 0.6 is 15.9 Å². The summed E-state index contributed by atoms with van der Waals surface area (Å²) < 4.78 is 14.3. The molecule has 2 rings (SSSR count). The molecule has 1 fully saturated rings. The van der Waals surface area contributed by atoms with E-state index in [1.165, 1.54) is 12.1 Å². The highest BCUT2D eigenvalue weighted by Crippen LogP contribution is 2.17. The summed E-state index contributed by atoms with van der Waals surface area (Å²) in [4.78, 5) is 13.7. The van der Waals surface area contributed by atoms with Crippen LogP contribution in [0, 0.1) is 5.82 Å². The molecular weight excluding hydrogens is 299 g/mol. The average Bonchev–Trinajstić information content (AvgIpc) is 2.84. The number of hydrogen-bond donors (Lipinski definition) is 1. The number of benzene rings is 1. The van der Waals surface area contributed by atoms with E-state index in [9.17, 15) is 9.18 Å². The molecule has 1 amide bonds. The third-order valence-corrected chi connectivity index (χ3v) is 3.66. The van der Waals surface area contributed by atoms with E-state index in [0.717, 1.165) is 19.4 Å². The van der Waals surface area contributed by atoms with Gasteiger partial charge in [-0.25, -0.2) is 4.39 Å². The summed E-state index contributed by atoms with van der Waals surface area (Å²) in [5, 5.41) is 3.32. The van der Waals surface area contributed by atoms with Crippen molar-refractivity contribution in [2.75, 3.05) is 20.1 Å². The Bertz CT molecular complexity index is 447. The normalized spacial score (nSPS) is 18.9. The predicted molar refractivity (Wildman–Crippen MR) is 72.1 cm³/mol. The van der Waals surface area contributed by atoms with Gasteiger partial charge in [0.15, 0.2) is 0 Å². The molecule has 0 saturated carbocycles. The Labute approximate surface area is 114 Å². The van der Waals surface area contributed by atoms with Gasteiger partial charge in [-0.2, -0.15) is 0 Å². The van der Waals surface area contributed by atoms with E-state index in [1.54, 1.807) is 18.0 Å². The van der Waals surface area contributed by atoms with Crippen LogP contribution in [-0.2, 0) is 0 Å². The maximum Gasteiger partial charge on any atom is 0.256 e. The van der Waals surface area contributed by atoms with Crippen LogP contribution in [0.4, 0.5) is 4.39 Å². The summed E-state index contributed by atoms with van der Waals surface area (Å²) in [6.07, 6.45) is 2.20. The summed E-state index contributed by atoms with van der Waals surface area (Å²) in [5.74, 6) is -0.753. The van der Waals surface area contributed by atoms with Gasteiger partial charge < -0.3 is 10.2 Å². The number of halogens is 2. The fourth-order valence-corrected chi connectivity index (χ4v) is 2.55. The zero-order valence-corrected chi connectivity index (χ0v) is 11.8. The van der Waals surface area contributed by atoms with Crippen LogP contribution in [0.15, 0.2) is 22.7 Å². The van der Waals surface area contributed by atoms with Gasteiger partial charge >= 0.3 is 0 Å². The van der Waals surface area contributed by atoms with Crippen molar-refractivity contribution in [3.05, 3.63) is 34.1 Å². The van der Waals surface area contributed by atoms with Crippen LogP contribution in [0.5, 0.6) is 0 Å². The highest BCUT2D eigenvalue weighted by molar-refractivity contribution is 9.10. The van der Waals surface area contributed by atoms with Crippen molar-refractivity contribution >= 4 is 21.8 Å². The molecule has 0 radical (unpaired) electrons. The van der Waals surface area contributed by atoms with Gasteiger partial charge in [0.25, 0.3) is 5.91 Å². The van der Waals surface area contributed by atoms with Gasteiger partial charge in [0.2, 0.25) is 0 Å². The van der Waals surface area contributed by atoms with Crippen molar-refractivity contribution < 1.29 is 9.18 Å². The van der Waals surface area contributed by atoms with E-state index in [4.69, 9.17) is 0 Å². The van der Waals surface area contributed by atoms with Crippen LogP contribution in [-0.4, -0.2) is 37.0 Å². The van der Waals surface area contributed by atoms with E-state index < -0.39 is 5.82 Å². The average molecular weight is 315 g/mol. The number of rotatable bonds is 3. The van der Waals surface area contributed by atoms with Crippen LogP contribution in [0.3, 0.4) is 0 Å². The van der Waals surface area contributed by atoms with E-state index in [1.807, 2.05) is 0 Å². The van der Waals surface area contributed by atoms with Crippen molar-refractivity contribution in [3.63, 3.8) is 0 Å². The molecule has 1 atom stereocenters. The molecule has 0 bridgehead atoms. The highest BCUT2D eigenvalue weighted by atomic mass is 79.9. The highest BCUT2D eigenvalue weighted by Gasteiger charge is 2.21. The van der Waals surface area contributed by atoms with Crippen LogP contribution in [0.25, 0.3) is 0 Å². The maximum absolute atomic E-state index is 13.6. The van der Waals surface area contributed by atoms with Crippen LogP contribution in [0.2, 0.25) is 0 Å². The van der Waals surface area contributed by atoms with Crippen molar-refractivity contribution in [2.45, 2.75) is 18.9 Å². The van der Waals surface area contributed by atoms with E-state index in [2.05, 4.69) is 21.2 Å². The first kappa shape index (κ1) is 13.5. The second kappa shape index (κ2) is 5.80. The number of carbonyl (C=O) groups is 1. The first-order valence-electron chi connectivity index (χ1n) is 6.02. The number of nitrogens with zero attached hydrogens (tertiary/aromatic N) is 1. The van der Waals surface area contributed by atoms with E-state index >= 15 is 0 Å². The lowest BCUT2D eigenvalue weighted by Crippen LogP contribution is -2.38. The van der Waals surface area contributed by atoms with Crippen LogP contribution < -0.4 is 5.32 Å². The van der Waals surface area contributed by atoms with Gasteiger partial charge in [0.1, 0.15) is 5.82 Å². The van der Waals surface area contributed by atoms with Gasteiger partial charge in [0.05, 0.1) is 5.56 Å². The molecule has 1 aromatic rings. The summed E-state index contributed by atoms with van der Waals surface area (Å²) in [7, 11) is 1.71. The molecule has 5 heteroatoms. The number of likely N-dealkylation sites (N-methyl/N-ethyl adjacent to an activating group) is 1. The van der Waals surface area contributed by atoms with Gasteiger partial charge in [-0.05, 0) is 37.6 Å². The predicted octanol–water partition coefficient (Wildman–Crippen LogP) is 2.41. The summed E-state index contributed by atoms with van der Waals surface area (Å²) in [5.41, 5.74) is 0.116. The van der Waals surface area contributed by atoms with Gasteiger partial charge in [-0.1, -0.05) is 15.9 Å². The number of amides is 1. The second-order valence-electron chi connectivity index (χ2n) is 4.60. The fourth-order valence-electron chi connectivity index (χ4n) is 2.19. The summed E-state index contributed by atoms with van der Waals surface area (Å²) >= 11 is 3.25. The lowest BCUT2D eigenvalue weighted by Gasteiger charge is -2.21. The first-order valence-corrected chi connectivity index (χ1v) is 6.81.